The van der Waals surface area contributed by atoms with Gasteiger partial charge in [-0.25, -0.2) is 0 Å². The van der Waals surface area contributed by atoms with E-state index in [0.29, 0.717) is 0 Å². The minimum absolute atomic E-state index is 0.137. The zero-order chi connectivity index (χ0) is 15.3. The van der Waals surface area contributed by atoms with E-state index in [9.17, 15) is 5.11 Å². The number of hydrogen-bond acceptors (Lipinski definition) is 3. The van der Waals surface area contributed by atoms with Crippen LogP contribution in [0.1, 0.15) is 32.1 Å². The highest BCUT2D eigenvalue weighted by molar-refractivity contribution is 8.17. The molecule has 22 heavy (non-hydrogen) atoms. The second kappa shape index (κ2) is 7.58. The van der Waals surface area contributed by atoms with Crippen LogP contribution in [0.3, 0.4) is 0 Å². The van der Waals surface area contributed by atoms with E-state index in [1.807, 2.05) is 12.1 Å². The summed E-state index contributed by atoms with van der Waals surface area (Å²) in [6, 6.07) is 20.9. The molecule has 116 valence electrons. The van der Waals surface area contributed by atoms with Gasteiger partial charge in [0, 0.05) is 9.79 Å². The van der Waals surface area contributed by atoms with Crippen LogP contribution in [-0.4, -0.2) is 15.3 Å². The summed E-state index contributed by atoms with van der Waals surface area (Å²) >= 11 is 3.60. The Bertz CT molecular complexity index is 523. The van der Waals surface area contributed by atoms with E-state index in [1.165, 1.54) is 16.2 Å². The lowest BCUT2D eigenvalue weighted by molar-refractivity contribution is 0.0200. The molecule has 3 rings (SSSR count). The molecule has 0 heterocycles. The van der Waals surface area contributed by atoms with Gasteiger partial charge in [-0.1, -0.05) is 55.7 Å². The maximum atomic E-state index is 11.2. The highest BCUT2D eigenvalue weighted by Gasteiger charge is 2.39. The van der Waals surface area contributed by atoms with Gasteiger partial charge in [0.2, 0.25) is 0 Å². The summed E-state index contributed by atoms with van der Waals surface area (Å²) in [6.07, 6.45) is 5.35. The van der Waals surface area contributed by atoms with Gasteiger partial charge < -0.3 is 5.11 Å². The summed E-state index contributed by atoms with van der Waals surface area (Å²) in [5.74, 6) is 0. The smallest absolute Gasteiger partial charge is 0.0883 e. The van der Waals surface area contributed by atoms with E-state index in [2.05, 4.69) is 48.5 Å². The molecule has 0 amide bonds. The zero-order valence-electron chi connectivity index (χ0n) is 12.7. The third kappa shape index (κ3) is 4.09. The Morgan fingerprint density at radius 2 is 1.18 bits per heavy atom. The average Bonchev–Trinajstić information content (AvgIpc) is 2.57. The number of aliphatic hydroxyl groups is 1. The molecule has 2 aromatic rings. The summed E-state index contributed by atoms with van der Waals surface area (Å²) in [5.41, 5.74) is -0.570. The molecule has 1 aliphatic carbocycles. The predicted octanol–water partition coefficient (Wildman–Crippen LogP) is 5.59. The van der Waals surface area contributed by atoms with Crippen LogP contribution in [0.25, 0.3) is 0 Å². The van der Waals surface area contributed by atoms with E-state index < -0.39 is 5.60 Å². The SMILES string of the molecule is OC1(C(Sc2ccccc2)Sc2ccccc2)CCCCC1. The molecule has 0 unspecified atom stereocenters. The zero-order valence-corrected chi connectivity index (χ0v) is 14.3. The first-order chi connectivity index (χ1) is 10.8. The maximum Gasteiger partial charge on any atom is 0.0883 e. The normalized spacial score (nSPS) is 17.5. The first-order valence-corrected chi connectivity index (χ1v) is 9.68. The van der Waals surface area contributed by atoms with Gasteiger partial charge >= 0.3 is 0 Å². The van der Waals surface area contributed by atoms with Gasteiger partial charge in [-0.15, -0.1) is 23.5 Å². The number of thioether (sulfide) groups is 2. The highest BCUT2D eigenvalue weighted by atomic mass is 32.2. The molecule has 3 heteroatoms. The molecule has 0 aromatic heterocycles. The monoisotopic (exact) mass is 330 g/mol. The molecule has 0 bridgehead atoms. The summed E-state index contributed by atoms with van der Waals surface area (Å²) in [6.45, 7) is 0. The van der Waals surface area contributed by atoms with Crippen LogP contribution >= 0.6 is 23.5 Å². The van der Waals surface area contributed by atoms with Crippen LogP contribution in [-0.2, 0) is 0 Å². The van der Waals surface area contributed by atoms with Crippen LogP contribution in [0.5, 0.6) is 0 Å². The fourth-order valence-corrected chi connectivity index (χ4v) is 5.78. The van der Waals surface area contributed by atoms with E-state index >= 15 is 0 Å². The predicted molar refractivity (Wildman–Crippen MR) is 96.4 cm³/mol. The fourth-order valence-electron chi connectivity index (χ4n) is 2.89. The minimum Gasteiger partial charge on any atom is -0.388 e. The van der Waals surface area contributed by atoms with Crippen molar-refractivity contribution in [3.05, 3.63) is 60.7 Å². The molecule has 1 nitrogen and oxygen atoms in total. The van der Waals surface area contributed by atoms with Crippen LogP contribution < -0.4 is 0 Å². The first kappa shape index (κ1) is 16.0. The summed E-state index contributed by atoms with van der Waals surface area (Å²) < 4.78 is 0.137. The van der Waals surface area contributed by atoms with Gasteiger partial charge in [0.1, 0.15) is 0 Å². The molecule has 0 radical (unpaired) electrons. The summed E-state index contributed by atoms with van der Waals surface area (Å²) in [7, 11) is 0. The van der Waals surface area contributed by atoms with Crippen molar-refractivity contribution in [3.63, 3.8) is 0 Å². The second-order valence-corrected chi connectivity index (χ2v) is 8.51. The average molecular weight is 331 g/mol. The van der Waals surface area contributed by atoms with E-state index in [-0.39, 0.29) is 4.58 Å². The van der Waals surface area contributed by atoms with Crippen molar-refractivity contribution < 1.29 is 5.11 Å². The quantitative estimate of drug-likeness (QED) is 0.570. The maximum absolute atomic E-state index is 11.2. The molecule has 0 spiro atoms. The third-order valence-electron chi connectivity index (χ3n) is 4.13. The Morgan fingerprint density at radius 1 is 0.727 bits per heavy atom. The van der Waals surface area contributed by atoms with Crippen molar-refractivity contribution in [1.29, 1.82) is 0 Å². The second-order valence-electron chi connectivity index (χ2n) is 5.86. The molecule has 1 saturated carbocycles. The van der Waals surface area contributed by atoms with Crippen molar-refractivity contribution >= 4 is 23.5 Å². The molecule has 1 N–H and O–H groups in total. The molecule has 0 saturated heterocycles. The fraction of sp³-hybridized carbons (Fsp3) is 0.368. The van der Waals surface area contributed by atoms with E-state index in [0.717, 1.165) is 25.7 Å². The van der Waals surface area contributed by atoms with Gasteiger partial charge in [-0.2, -0.15) is 0 Å². The van der Waals surface area contributed by atoms with Crippen LogP contribution in [0.15, 0.2) is 70.5 Å². The molecule has 1 fully saturated rings. The van der Waals surface area contributed by atoms with Gasteiger partial charge in [0.05, 0.1) is 10.2 Å². The Morgan fingerprint density at radius 3 is 1.64 bits per heavy atom. The van der Waals surface area contributed by atoms with Crippen molar-refractivity contribution in [2.24, 2.45) is 0 Å². The lowest BCUT2D eigenvalue weighted by Gasteiger charge is -2.38. The van der Waals surface area contributed by atoms with Crippen LogP contribution in [0, 0.1) is 0 Å². The number of benzene rings is 2. The third-order valence-corrected chi connectivity index (χ3v) is 7.10. The lowest BCUT2D eigenvalue weighted by atomic mass is 9.86. The van der Waals surface area contributed by atoms with Crippen LogP contribution in [0.2, 0.25) is 0 Å². The lowest BCUT2D eigenvalue weighted by Crippen LogP contribution is -2.40. The molecule has 2 aromatic carbocycles. The topological polar surface area (TPSA) is 20.2 Å². The largest absolute Gasteiger partial charge is 0.388 e. The molecule has 1 aliphatic rings. The highest BCUT2D eigenvalue weighted by Crippen LogP contribution is 2.47. The van der Waals surface area contributed by atoms with Gasteiger partial charge in [-0.05, 0) is 37.1 Å². The first-order valence-electron chi connectivity index (χ1n) is 7.92. The van der Waals surface area contributed by atoms with Gasteiger partial charge in [-0.3, -0.25) is 0 Å². The minimum atomic E-state index is -0.570. The molecular weight excluding hydrogens is 308 g/mol. The van der Waals surface area contributed by atoms with Crippen molar-refractivity contribution in [2.75, 3.05) is 0 Å². The molecule has 0 aliphatic heterocycles. The Kier molecular flexibility index (Phi) is 5.51. The van der Waals surface area contributed by atoms with Gasteiger partial charge in [0.25, 0.3) is 0 Å². The standard InChI is InChI=1S/C19H22OS2/c20-19(14-8-3-9-15-19)18(21-16-10-4-1-5-11-16)22-17-12-6-2-7-13-17/h1-2,4-7,10-13,18,20H,3,8-9,14-15H2. The Labute approximate surface area is 141 Å². The van der Waals surface area contributed by atoms with Crippen molar-refractivity contribution in [1.82, 2.24) is 0 Å². The number of rotatable bonds is 5. The molecule has 0 atom stereocenters. The van der Waals surface area contributed by atoms with E-state index in [4.69, 9.17) is 0 Å². The molecular formula is C19H22OS2. The Balaban J connectivity index is 1.81. The van der Waals surface area contributed by atoms with Crippen LogP contribution in [0.4, 0.5) is 0 Å². The van der Waals surface area contributed by atoms with Gasteiger partial charge in [0.15, 0.2) is 0 Å². The van der Waals surface area contributed by atoms with Crippen molar-refractivity contribution in [3.8, 4) is 0 Å². The Hall–Kier alpha value is -0.900. The number of hydrogen-bond donors (Lipinski definition) is 1. The van der Waals surface area contributed by atoms with E-state index in [1.54, 1.807) is 23.5 Å². The summed E-state index contributed by atoms with van der Waals surface area (Å²) in [5, 5.41) is 11.2. The summed E-state index contributed by atoms with van der Waals surface area (Å²) in [4.78, 5) is 2.46. The van der Waals surface area contributed by atoms with Crippen molar-refractivity contribution in [2.45, 2.75) is 52.1 Å².